The molecule has 7 heteroatoms. The van der Waals surface area contributed by atoms with Crippen LogP contribution in [-0.4, -0.2) is 25.5 Å². The first-order chi connectivity index (χ1) is 10.9. The lowest BCUT2D eigenvalue weighted by Gasteiger charge is -2.17. The molecule has 1 atom stereocenters. The molecule has 0 bridgehead atoms. The first-order valence-electron chi connectivity index (χ1n) is 7.68. The van der Waals surface area contributed by atoms with E-state index < -0.39 is 11.7 Å². The smallest absolute Gasteiger partial charge is 0.352 e. The molecule has 0 aliphatic carbocycles. The zero-order valence-electron chi connectivity index (χ0n) is 13.5. The summed E-state index contributed by atoms with van der Waals surface area (Å²) in [5, 5.41) is 6.05. The maximum absolute atomic E-state index is 12.7. The average molecular weight is 363 g/mol. The molecule has 2 rings (SSSR count). The number of hydrogen-bond donors (Lipinski definition) is 2. The molecule has 0 saturated heterocycles. The fraction of sp³-hybridized carbons (Fsp3) is 0.471. The van der Waals surface area contributed by atoms with E-state index in [1.54, 1.807) is 13.0 Å². The molecular weight excluding hydrogens is 341 g/mol. The van der Waals surface area contributed by atoms with E-state index >= 15 is 0 Å². The average Bonchev–Trinajstić information content (AvgIpc) is 2.53. The molecule has 1 aromatic rings. The Labute approximate surface area is 146 Å². The van der Waals surface area contributed by atoms with Crippen LogP contribution in [0.4, 0.5) is 13.2 Å². The van der Waals surface area contributed by atoms with Gasteiger partial charge in [-0.05, 0) is 31.0 Å². The van der Waals surface area contributed by atoms with Crippen molar-refractivity contribution in [1.82, 2.24) is 10.6 Å². The van der Waals surface area contributed by atoms with Crippen LogP contribution in [0.1, 0.15) is 24.5 Å². The van der Waals surface area contributed by atoms with E-state index in [2.05, 4.69) is 16.7 Å². The number of carbonyl (C=O) groups is 1. The molecule has 2 N–H and O–H groups in total. The first kappa shape index (κ1) is 20.5. The molecule has 1 aliphatic heterocycles. The maximum atomic E-state index is 12.7. The van der Waals surface area contributed by atoms with Gasteiger partial charge in [0, 0.05) is 19.0 Å². The van der Waals surface area contributed by atoms with E-state index in [1.807, 2.05) is 0 Å². The lowest BCUT2D eigenvalue weighted by molar-refractivity contribution is -0.137. The van der Waals surface area contributed by atoms with Crippen molar-refractivity contribution in [2.45, 2.75) is 25.9 Å². The van der Waals surface area contributed by atoms with Crippen molar-refractivity contribution in [3.8, 4) is 0 Å². The fourth-order valence-corrected chi connectivity index (χ4v) is 2.53. The molecule has 134 valence electrons. The van der Waals surface area contributed by atoms with E-state index in [9.17, 15) is 18.0 Å². The molecular formula is C17H22ClF3N2O. The number of carbonyl (C=O) groups excluding carboxylic acids is 1. The van der Waals surface area contributed by atoms with E-state index in [1.165, 1.54) is 11.6 Å². The molecule has 0 spiro atoms. The van der Waals surface area contributed by atoms with Crippen molar-refractivity contribution in [3.63, 3.8) is 0 Å². The molecule has 1 aromatic carbocycles. The van der Waals surface area contributed by atoms with Gasteiger partial charge in [0.15, 0.2) is 0 Å². The van der Waals surface area contributed by atoms with Crippen molar-refractivity contribution in [1.29, 1.82) is 0 Å². The Balaban J connectivity index is 0.00000288. The van der Waals surface area contributed by atoms with Crippen LogP contribution >= 0.6 is 12.4 Å². The van der Waals surface area contributed by atoms with Gasteiger partial charge in [-0.3, -0.25) is 4.79 Å². The predicted molar refractivity (Wildman–Crippen MR) is 90.1 cm³/mol. The van der Waals surface area contributed by atoms with Crippen molar-refractivity contribution >= 4 is 18.3 Å². The van der Waals surface area contributed by atoms with E-state index in [0.717, 1.165) is 31.6 Å². The van der Waals surface area contributed by atoms with Crippen LogP contribution in [0.3, 0.4) is 0 Å². The quantitative estimate of drug-likeness (QED) is 0.789. The second-order valence-corrected chi connectivity index (χ2v) is 5.84. The molecule has 3 nitrogen and oxygen atoms in total. The van der Waals surface area contributed by atoms with Gasteiger partial charge >= 0.3 is 6.18 Å². The van der Waals surface area contributed by atoms with Crippen LogP contribution in [0.2, 0.25) is 0 Å². The van der Waals surface area contributed by atoms with Crippen LogP contribution < -0.4 is 10.6 Å². The van der Waals surface area contributed by atoms with Crippen molar-refractivity contribution in [3.05, 3.63) is 47.0 Å². The summed E-state index contributed by atoms with van der Waals surface area (Å²) in [4.78, 5) is 12.1. The lowest BCUT2D eigenvalue weighted by Crippen LogP contribution is -2.33. The summed E-state index contributed by atoms with van der Waals surface area (Å²) >= 11 is 0. The third-order valence-corrected chi connectivity index (χ3v) is 3.89. The van der Waals surface area contributed by atoms with E-state index in [4.69, 9.17) is 0 Å². The number of alkyl halides is 3. The number of hydrogen-bond acceptors (Lipinski definition) is 2. The minimum absolute atomic E-state index is 0. The Morgan fingerprint density at radius 2 is 2.12 bits per heavy atom. The van der Waals surface area contributed by atoms with Gasteiger partial charge < -0.3 is 10.6 Å². The molecule has 1 heterocycles. The zero-order valence-corrected chi connectivity index (χ0v) is 14.3. The molecule has 1 amide bonds. The normalized spacial score (nSPS) is 15.9. The molecule has 1 aliphatic rings. The molecule has 1 unspecified atom stereocenters. The van der Waals surface area contributed by atoms with Crippen molar-refractivity contribution in [2.24, 2.45) is 5.92 Å². The van der Waals surface area contributed by atoms with Crippen LogP contribution in [0.15, 0.2) is 35.9 Å². The summed E-state index contributed by atoms with van der Waals surface area (Å²) in [6.45, 7) is 3.95. The number of rotatable bonds is 5. The third-order valence-electron chi connectivity index (χ3n) is 3.89. The Hall–Kier alpha value is -1.53. The molecule has 0 fully saturated rings. The van der Waals surface area contributed by atoms with Crippen molar-refractivity contribution < 1.29 is 18.0 Å². The van der Waals surface area contributed by atoms with Gasteiger partial charge in [0.05, 0.1) is 5.56 Å². The van der Waals surface area contributed by atoms with Gasteiger partial charge in [0.1, 0.15) is 0 Å². The largest absolute Gasteiger partial charge is 0.416 e. The summed E-state index contributed by atoms with van der Waals surface area (Å²) in [6.07, 6.45) is -1.11. The highest BCUT2D eigenvalue weighted by Crippen LogP contribution is 2.30. The molecule has 24 heavy (non-hydrogen) atoms. The Morgan fingerprint density at radius 3 is 2.75 bits per heavy atom. The van der Waals surface area contributed by atoms with Crippen molar-refractivity contribution in [2.75, 3.05) is 19.6 Å². The van der Waals surface area contributed by atoms with Gasteiger partial charge in [0.2, 0.25) is 5.91 Å². The Morgan fingerprint density at radius 1 is 1.38 bits per heavy atom. The minimum atomic E-state index is -4.36. The lowest BCUT2D eigenvalue weighted by atomic mass is 9.98. The summed E-state index contributed by atoms with van der Waals surface area (Å²) in [7, 11) is 0. The van der Waals surface area contributed by atoms with Crippen LogP contribution in [0.5, 0.6) is 0 Å². The second kappa shape index (κ2) is 9.08. The van der Waals surface area contributed by atoms with Gasteiger partial charge in [-0.1, -0.05) is 36.8 Å². The van der Waals surface area contributed by atoms with Gasteiger partial charge in [-0.25, -0.2) is 0 Å². The minimum Gasteiger partial charge on any atom is -0.352 e. The summed E-state index contributed by atoms with van der Waals surface area (Å²) in [6, 6.07) is 5.15. The van der Waals surface area contributed by atoms with E-state index in [0.29, 0.717) is 12.1 Å². The summed E-state index contributed by atoms with van der Waals surface area (Å²) in [5.41, 5.74) is 1.02. The van der Waals surface area contributed by atoms with E-state index in [-0.39, 0.29) is 30.7 Å². The van der Waals surface area contributed by atoms with Crippen LogP contribution in [0.25, 0.3) is 0 Å². The highest BCUT2D eigenvalue weighted by Gasteiger charge is 2.30. The summed E-state index contributed by atoms with van der Waals surface area (Å²) in [5.74, 6) is -0.511. The predicted octanol–water partition coefficient (Wildman–Crippen LogP) is 3.34. The fourth-order valence-electron chi connectivity index (χ4n) is 2.53. The third kappa shape index (κ3) is 6.17. The number of benzene rings is 1. The number of halogens is 4. The SMILES string of the molecule is CC(Cc1cccc(C(F)(F)F)c1)C(=O)NCC1=CCNCC1.Cl. The van der Waals surface area contributed by atoms with Gasteiger partial charge in [0.25, 0.3) is 0 Å². The first-order valence-corrected chi connectivity index (χ1v) is 7.68. The van der Waals surface area contributed by atoms with Crippen LogP contribution in [0, 0.1) is 5.92 Å². The number of amides is 1. The van der Waals surface area contributed by atoms with Crippen LogP contribution in [-0.2, 0) is 17.4 Å². The topological polar surface area (TPSA) is 41.1 Å². The number of nitrogens with one attached hydrogen (secondary N) is 2. The Bertz CT molecular complexity index is 587. The highest BCUT2D eigenvalue weighted by molar-refractivity contribution is 5.85. The zero-order chi connectivity index (χ0) is 16.9. The standard InChI is InChI=1S/C17H21F3N2O.ClH/c1-12(16(23)22-11-13-5-7-21-8-6-13)9-14-3-2-4-15(10-14)17(18,19)20;/h2-5,10,12,21H,6-9,11H2,1H3,(H,22,23);1H. The molecule has 0 aromatic heterocycles. The maximum Gasteiger partial charge on any atom is 0.416 e. The molecule has 0 radical (unpaired) electrons. The van der Waals surface area contributed by atoms with Gasteiger partial charge in [-0.15, -0.1) is 12.4 Å². The monoisotopic (exact) mass is 362 g/mol. The van der Waals surface area contributed by atoms with Gasteiger partial charge in [-0.2, -0.15) is 13.2 Å². The highest BCUT2D eigenvalue weighted by atomic mass is 35.5. The molecule has 0 saturated carbocycles. The Kier molecular flexibility index (Phi) is 7.76. The summed E-state index contributed by atoms with van der Waals surface area (Å²) < 4.78 is 38.1. The second-order valence-electron chi connectivity index (χ2n) is 5.84.